The van der Waals surface area contributed by atoms with Crippen LogP contribution < -0.4 is 10.6 Å². The zero-order valence-electron chi connectivity index (χ0n) is 15.8. The molecule has 2 atom stereocenters. The molecule has 0 aliphatic carbocycles. The van der Waals surface area contributed by atoms with Gasteiger partial charge in [0.2, 0.25) is 11.8 Å². The van der Waals surface area contributed by atoms with E-state index in [9.17, 15) is 14.4 Å². The van der Waals surface area contributed by atoms with Gasteiger partial charge in [-0.1, -0.05) is 25.2 Å². The number of thiazole rings is 1. The van der Waals surface area contributed by atoms with Crippen LogP contribution in [0.4, 0.5) is 10.6 Å². The van der Waals surface area contributed by atoms with E-state index >= 15 is 0 Å². The average Bonchev–Trinajstić information content (AvgIpc) is 3.32. The highest BCUT2D eigenvalue weighted by atomic mass is 79.9. The van der Waals surface area contributed by atoms with E-state index in [1.807, 2.05) is 24.4 Å². The molecule has 1 unspecified atom stereocenters. The molecule has 1 saturated heterocycles. The fourth-order valence-electron chi connectivity index (χ4n) is 3.22. The van der Waals surface area contributed by atoms with Crippen molar-refractivity contribution in [3.05, 3.63) is 16.2 Å². The molecule has 1 aliphatic heterocycles. The first kappa shape index (κ1) is 20.6. The Hall–Kier alpha value is -2.14. The maximum absolute atomic E-state index is 13.0. The number of hydrogen-bond acceptors (Lipinski definition) is 6. The molecule has 152 valence electrons. The second kappa shape index (κ2) is 8.48. The first-order valence-electron chi connectivity index (χ1n) is 8.90. The second-order valence-corrected chi connectivity index (χ2v) is 9.28. The van der Waals surface area contributed by atoms with Crippen molar-refractivity contribution in [3.8, 4) is 0 Å². The largest absolute Gasteiger partial charge is 0.453 e. The van der Waals surface area contributed by atoms with Crippen molar-refractivity contribution in [1.29, 1.82) is 0 Å². The molecule has 0 spiro atoms. The van der Waals surface area contributed by atoms with Gasteiger partial charge in [0.05, 0.1) is 17.1 Å². The van der Waals surface area contributed by atoms with Gasteiger partial charge in [-0.05, 0) is 34.7 Å². The molecule has 0 aromatic carbocycles. The van der Waals surface area contributed by atoms with Crippen LogP contribution in [-0.4, -0.2) is 57.9 Å². The number of carbonyl (C=O) groups is 3. The molecule has 11 heteroatoms. The number of anilines is 1. The highest BCUT2D eigenvalue weighted by Crippen LogP contribution is 2.25. The number of imidazole rings is 1. The van der Waals surface area contributed by atoms with Crippen molar-refractivity contribution >= 4 is 56.0 Å². The van der Waals surface area contributed by atoms with Crippen molar-refractivity contribution in [3.63, 3.8) is 0 Å². The normalized spacial score (nSPS) is 17.8. The highest BCUT2D eigenvalue weighted by Gasteiger charge is 2.39. The number of methoxy groups -OCH3 is 1. The van der Waals surface area contributed by atoms with E-state index in [0.29, 0.717) is 18.8 Å². The highest BCUT2D eigenvalue weighted by molar-refractivity contribution is 9.11. The summed E-state index contributed by atoms with van der Waals surface area (Å²) in [5, 5.41) is 5.37. The number of amides is 3. The van der Waals surface area contributed by atoms with Crippen LogP contribution in [0.25, 0.3) is 4.96 Å². The molecule has 2 aromatic rings. The van der Waals surface area contributed by atoms with Gasteiger partial charge in [-0.15, -0.1) is 0 Å². The summed E-state index contributed by atoms with van der Waals surface area (Å²) in [4.78, 5) is 44.0. The zero-order valence-corrected chi connectivity index (χ0v) is 18.2. The maximum atomic E-state index is 13.0. The molecule has 0 saturated carbocycles. The Balaban J connectivity index is 1.71. The van der Waals surface area contributed by atoms with Gasteiger partial charge in [-0.3, -0.25) is 14.0 Å². The molecule has 2 aromatic heterocycles. The molecular weight excluding hydrogens is 450 g/mol. The lowest BCUT2D eigenvalue weighted by Gasteiger charge is -2.30. The van der Waals surface area contributed by atoms with Gasteiger partial charge >= 0.3 is 6.09 Å². The molecular formula is C17H22BrN5O4S. The van der Waals surface area contributed by atoms with E-state index in [1.54, 1.807) is 6.20 Å². The molecule has 28 heavy (non-hydrogen) atoms. The van der Waals surface area contributed by atoms with Gasteiger partial charge in [-0.2, -0.15) is 0 Å². The molecule has 3 heterocycles. The topological polar surface area (TPSA) is 105 Å². The minimum Gasteiger partial charge on any atom is -0.453 e. The van der Waals surface area contributed by atoms with Crippen LogP contribution in [0.3, 0.4) is 0 Å². The van der Waals surface area contributed by atoms with Gasteiger partial charge in [0.25, 0.3) is 0 Å². The molecule has 1 fully saturated rings. The molecule has 3 amide bonds. The van der Waals surface area contributed by atoms with Crippen molar-refractivity contribution in [2.45, 2.75) is 38.8 Å². The summed E-state index contributed by atoms with van der Waals surface area (Å²) in [6, 6.07) is -1.35. The van der Waals surface area contributed by atoms with Crippen LogP contribution in [-0.2, 0) is 14.3 Å². The van der Waals surface area contributed by atoms with Crippen LogP contribution in [0, 0.1) is 5.92 Å². The average molecular weight is 472 g/mol. The van der Waals surface area contributed by atoms with E-state index < -0.39 is 18.2 Å². The maximum Gasteiger partial charge on any atom is 0.407 e. The number of alkyl carbamates (subject to hydrolysis) is 1. The van der Waals surface area contributed by atoms with Gasteiger partial charge < -0.3 is 20.3 Å². The van der Waals surface area contributed by atoms with E-state index in [-0.39, 0.29) is 17.7 Å². The summed E-state index contributed by atoms with van der Waals surface area (Å²) in [6.45, 7) is 4.13. The minimum absolute atomic E-state index is 0.144. The van der Waals surface area contributed by atoms with Crippen LogP contribution in [0.5, 0.6) is 0 Å². The molecule has 0 radical (unpaired) electrons. The van der Waals surface area contributed by atoms with Crippen LogP contribution in [0.15, 0.2) is 16.2 Å². The summed E-state index contributed by atoms with van der Waals surface area (Å²) in [5.74, 6) is -0.269. The van der Waals surface area contributed by atoms with Gasteiger partial charge in [0, 0.05) is 12.7 Å². The Morgan fingerprint density at radius 1 is 1.36 bits per heavy atom. The summed E-state index contributed by atoms with van der Waals surface area (Å²) in [5.41, 5.74) is 0. The van der Waals surface area contributed by atoms with Gasteiger partial charge in [0.1, 0.15) is 12.1 Å². The lowest BCUT2D eigenvalue weighted by Crippen LogP contribution is -2.54. The molecule has 1 aliphatic rings. The fourth-order valence-corrected chi connectivity index (χ4v) is 4.57. The van der Waals surface area contributed by atoms with Crippen molar-refractivity contribution < 1.29 is 19.1 Å². The number of hydrogen-bond donors (Lipinski definition) is 2. The third-order valence-electron chi connectivity index (χ3n) is 4.61. The Bertz CT molecular complexity index is 864. The summed E-state index contributed by atoms with van der Waals surface area (Å²) >= 11 is 4.84. The second-order valence-electron chi connectivity index (χ2n) is 6.89. The van der Waals surface area contributed by atoms with Crippen molar-refractivity contribution in [2.24, 2.45) is 5.92 Å². The SMILES string of the molecule is COC(=O)N[C@H](C(=O)N1CCCC1C(=O)Nc1cn2cc(Br)sc2n1)C(C)C. The Morgan fingerprint density at radius 2 is 2.11 bits per heavy atom. The zero-order chi connectivity index (χ0) is 20.4. The number of ether oxygens (including phenoxy) is 1. The number of carbonyl (C=O) groups excluding carboxylic acids is 3. The van der Waals surface area contributed by atoms with E-state index in [2.05, 4.69) is 36.3 Å². The van der Waals surface area contributed by atoms with Gasteiger partial charge in [0.15, 0.2) is 10.8 Å². The van der Waals surface area contributed by atoms with Crippen LogP contribution >= 0.6 is 27.3 Å². The molecule has 9 nitrogen and oxygen atoms in total. The van der Waals surface area contributed by atoms with Crippen LogP contribution in [0.1, 0.15) is 26.7 Å². The molecule has 0 bridgehead atoms. The number of fused-ring (bicyclic) bond motifs is 1. The first-order chi connectivity index (χ1) is 13.3. The predicted octanol–water partition coefficient (Wildman–Crippen LogP) is 2.47. The Labute approximate surface area is 174 Å². The third-order valence-corrected chi connectivity index (χ3v) is 6.08. The number of nitrogens with one attached hydrogen (secondary N) is 2. The van der Waals surface area contributed by atoms with Crippen LogP contribution in [0.2, 0.25) is 0 Å². The molecule has 3 rings (SSSR count). The monoisotopic (exact) mass is 471 g/mol. The first-order valence-corrected chi connectivity index (χ1v) is 10.5. The summed E-state index contributed by atoms with van der Waals surface area (Å²) in [7, 11) is 1.25. The minimum atomic E-state index is -0.754. The Morgan fingerprint density at radius 3 is 2.75 bits per heavy atom. The quantitative estimate of drug-likeness (QED) is 0.696. The summed E-state index contributed by atoms with van der Waals surface area (Å²) < 4.78 is 7.37. The Kier molecular flexibility index (Phi) is 6.23. The standard InChI is InChI=1S/C17H22BrN5O4S/c1-9(2)13(21-17(26)27-3)15(25)23-6-4-5-10(23)14(24)19-12-8-22-7-11(18)28-16(22)20-12/h7-10,13H,4-6H2,1-3H3,(H,19,24)(H,21,26)/t10?,13-/m0/s1. The van der Waals surface area contributed by atoms with E-state index in [1.165, 1.54) is 23.3 Å². The number of likely N-dealkylation sites (tertiary alicyclic amines) is 1. The predicted molar refractivity (Wildman–Crippen MR) is 108 cm³/mol. The van der Waals surface area contributed by atoms with E-state index in [4.69, 9.17) is 0 Å². The van der Waals surface area contributed by atoms with Crippen molar-refractivity contribution in [2.75, 3.05) is 19.0 Å². The lowest BCUT2D eigenvalue weighted by atomic mass is 10.0. The lowest BCUT2D eigenvalue weighted by molar-refractivity contribution is -0.139. The van der Waals surface area contributed by atoms with E-state index in [0.717, 1.165) is 15.2 Å². The molecule has 2 N–H and O–H groups in total. The number of halogens is 1. The number of nitrogens with zero attached hydrogens (tertiary/aromatic N) is 3. The smallest absolute Gasteiger partial charge is 0.407 e. The number of rotatable bonds is 5. The fraction of sp³-hybridized carbons (Fsp3) is 0.529. The summed E-state index contributed by atoms with van der Waals surface area (Å²) in [6.07, 6.45) is 4.20. The number of aromatic nitrogens is 2. The van der Waals surface area contributed by atoms with Crippen molar-refractivity contribution in [1.82, 2.24) is 19.6 Å². The third kappa shape index (κ3) is 4.30. The van der Waals surface area contributed by atoms with Gasteiger partial charge in [-0.25, -0.2) is 9.78 Å².